The molecule has 1 saturated heterocycles. The van der Waals surface area contributed by atoms with Crippen molar-refractivity contribution in [1.29, 1.82) is 0 Å². The highest BCUT2D eigenvalue weighted by molar-refractivity contribution is 6.05. The molecule has 0 spiro atoms. The molecule has 4 atom stereocenters. The second-order valence-electron chi connectivity index (χ2n) is 10.8. The van der Waals surface area contributed by atoms with Gasteiger partial charge < -0.3 is 15.3 Å². The summed E-state index contributed by atoms with van der Waals surface area (Å²) in [4.78, 5) is 27.5. The van der Waals surface area contributed by atoms with Gasteiger partial charge >= 0.3 is 0 Å². The number of aromatic hydroxyl groups is 1. The number of carbonyl (C=O) groups is 2. The lowest BCUT2D eigenvalue weighted by Crippen LogP contribution is -2.38. The standard InChI is InChI=1S/C32H39NO5/c1-5-13-33-31(37)25-16-19(2)28(26(18-34)29(25)32(33)38)27(35)12-11-24(23-9-7-6-8-10-23)17-22-14-20(3)30(36)21(4)15-22/h6-10,14-15,17,25-27,29,34-36H,5,11-13,16,18H2,1-4H3/b24-17-/t25-,26+,27-,29-/m1/s1. The maximum atomic E-state index is 13.2. The Labute approximate surface area is 225 Å². The number of allylic oxidation sites excluding steroid dienone is 2. The van der Waals surface area contributed by atoms with Gasteiger partial charge in [0.25, 0.3) is 0 Å². The van der Waals surface area contributed by atoms with E-state index in [1.807, 2.05) is 70.2 Å². The number of likely N-dealkylation sites (tertiary alicyclic amines) is 1. The largest absolute Gasteiger partial charge is 0.507 e. The zero-order chi connectivity index (χ0) is 27.6. The summed E-state index contributed by atoms with van der Waals surface area (Å²) in [6.45, 7) is 7.71. The number of aliphatic hydroxyl groups is 2. The first-order valence-corrected chi connectivity index (χ1v) is 13.6. The molecule has 2 amide bonds. The van der Waals surface area contributed by atoms with Crippen LogP contribution in [0.4, 0.5) is 0 Å². The Balaban J connectivity index is 1.61. The molecule has 2 aliphatic rings. The van der Waals surface area contributed by atoms with Crippen molar-refractivity contribution >= 4 is 23.5 Å². The van der Waals surface area contributed by atoms with Crippen molar-refractivity contribution in [2.24, 2.45) is 17.8 Å². The Morgan fingerprint density at radius 3 is 2.34 bits per heavy atom. The molecule has 0 aromatic heterocycles. The fourth-order valence-corrected chi connectivity index (χ4v) is 6.30. The van der Waals surface area contributed by atoms with E-state index in [-0.39, 0.29) is 18.4 Å². The lowest BCUT2D eigenvalue weighted by molar-refractivity contribution is -0.140. The second-order valence-corrected chi connectivity index (χ2v) is 10.8. The summed E-state index contributed by atoms with van der Waals surface area (Å²) >= 11 is 0. The van der Waals surface area contributed by atoms with E-state index in [1.54, 1.807) is 0 Å². The molecule has 38 heavy (non-hydrogen) atoms. The van der Waals surface area contributed by atoms with Crippen molar-refractivity contribution < 1.29 is 24.9 Å². The third-order valence-corrected chi connectivity index (χ3v) is 8.11. The highest BCUT2D eigenvalue weighted by atomic mass is 16.3. The minimum Gasteiger partial charge on any atom is -0.507 e. The summed E-state index contributed by atoms with van der Waals surface area (Å²) < 4.78 is 0. The van der Waals surface area contributed by atoms with Gasteiger partial charge in [-0.25, -0.2) is 0 Å². The number of phenols is 1. The number of hydrogen-bond donors (Lipinski definition) is 3. The van der Waals surface area contributed by atoms with Crippen LogP contribution < -0.4 is 0 Å². The third kappa shape index (κ3) is 5.33. The molecule has 2 aromatic carbocycles. The van der Waals surface area contributed by atoms with Gasteiger partial charge in [-0.15, -0.1) is 0 Å². The third-order valence-electron chi connectivity index (χ3n) is 8.11. The lowest BCUT2D eigenvalue weighted by atomic mass is 9.68. The number of aliphatic hydroxyl groups excluding tert-OH is 2. The summed E-state index contributed by atoms with van der Waals surface area (Å²) in [5, 5.41) is 32.0. The van der Waals surface area contributed by atoms with Gasteiger partial charge in [-0.05, 0) is 92.0 Å². The van der Waals surface area contributed by atoms with E-state index in [4.69, 9.17) is 0 Å². The maximum Gasteiger partial charge on any atom is 0.233 e. The second kappa shape index (κ2) is 11.7. The van der Waals surface area contributed by atoms with Crippen molar-refractivity contribution in [3.63, 3.8) is 0 Å². The van der Waals surface area contributed by atoms with Crippen LogP contribution in [0.15, 0.2) is 53.6 Å². The van der Waals surface area contributed by atoms with Crippen molar-refractivity contribution in [2.75, 3.05) is 13.2 Å². The Hall–Kier alpha value is -3.22. The number of aryl methyl sites for hydroxylation is 2. The van der Waals surface area contributed by atoms with Crippen molar-refractivity contribution in [3.8, 4) is 5.75 Å². The molecule has 2 aromatic rings. The van der Waals surface area contributed by atoms with Crippen LogP contribution >= 0.6 is 0 Å². The predicted octanol–water partition coefficient (Wildman–Crippen LogP) is 5.03. The van der Waals surface area contributed by atoms with Gasteiger partial charge in [0.2, 0.25) is 11.8 Å². The minimum absolute atomic E-state index is 0.151. The zero-order valence-corrected chi connectivity index (χ0v) is 22.8. The zero-order valence-electron chi connectivity index (χ0n) is 22.8. The molecule has 1 aliphatic heterocycles. The number of rotatable bonds is 9. The Kier molecular flexibility index (Phi) is 8.54. The minimum atomic E-state index is -0.841. The molecule has 1 aliphatic carbocycles. The van der Waals surface area contributed by atoms with E-state index in [9.17, 15) is 24.9 Å². The van der Waals surface area contributed by atoms with Gasteiger partial charge in [-0.2, -0.15) is 0 Å². The fourth-order valence-electron chi connectivity index (χ4n) is 6.30. The van der Waals surface area contributed by atoms with Gasteiger partial charge in [-0.1, -0.05) is 48.9 Å². The quantitative estimate of drug-likeness (QED) is 0.246. The van der Waals surface area contributed by atoms with Gasteiger partial charge in [0.05, 0.1) is 24.5 Å². The van der Waals surface area contributed by atoms with Crippen LogP contribution in [0.25, 0.3) is 11.6 Å². The molecular formula is C32H39NO5. The Morgan fingerprint density at radius 2 is 1.74 bits per heavy atom. The van der Waals surface area contributed by atoms with Crippen LogP contribution in [-0.2, 0) is 9.59 Å². The van der Waals surface area contributed by atoms with Crippen LogP contribution in [-0.4, -0.2) is 51.3 Å². The van der Waals surface area contributed by atoms with E-state index < -0.39 is 23.9 Å². The van der Waals surface area contributed by atoms with E-state index >= 15 is 0 Å². The molecule has 6 heteroatoms. The molecule has 1 fully saturated rings. The highest BCUT2D eigenvalue weighted by Crippen LogP contribution is 2.46. The highest BCUT2D eigenvalue weighted by Gasteiger charge is 2.54. The molecule has 0 unspecified atom stereocenters. The number of imide groups is 1. The van der Waals surface area contributed by atoms with E-state index in [1.165, 1.54) is 4.90 Å². The summed E-state index contributed by atoms with van der Waals surface area (Å²) in [7, 11) is 0. The smallest absolute Gasteiger partial charge is 0.233 e. The number of carbonyl (C=O) groups excluding carboxylic acids is 2. The molecule has 0 saturated carbocycles. The average Bonchev–Trinajstić information content (AvgIpc) is 3.13. The first-order chi connectivity index (χ1) is 18.2. The van der Waals surface area contributed by atoms with E-state index in [2.05, 4.69) is 6.08 Å². The number of amides is 2. The molecule has 1 heterocycles. The monoisotopic (exact) mass is 517 g/mol. The van der Waals surface area contributed by atoms with Crippen molar-refractivity contribution in [1.82, 2.24) is 4.90 Å². The van der Waals surface area contributed by atoms with Gasteiger partial charge in [-0.3, -0.25) is 14.5 Å². The number of benzene rings is 2. The van der Waals surface area contributed by atoms with Gasteiger partial charge in [0.1, 0.15) is 5.75 Å². The summed E-state index contributed by atoms with van der Waals surface area (Å²) in [6.07, 6.45) is 3.36. The molecule has 3 N–H and O–H groups in total. The Bertz CT molecular complexity index is 1240. The topological polar surface area (TPSA) is 98.1 Å². The summed E-state index contributed by atoms with van der Waals surface area (Å²) in [6, 6.07) is 13.9. The average molecular weight is 518 g/mol. The number of nitrogens with zero attached hydrogens (tertiary/aromatic N) is 1. The van der Waals surface area contributed by atoms with Crippen LogP contribution in [0, 0.1) is 31.6 Å². The van der Waals surface area contributed by atoms with E-state index in [0.29, 0.717) is 43.6 Å². The van der Waals surface area contributed by atoms with Gasteiger partial charge in [0.15, 0.2) is 0 Å². The summed E-state index contributed by atoms with van der Waals surface area (Å²) in [5.41, 5.74) is 6.27. The molecule has 6 nitrogen and oxygen atoms in total. The first kappa shape index (κ1) is 27.8. The molecular weight excluding hydrogens is 478 g/mol. The normalized spacial score (nSPS) is 22.7. The fraction of sp³-hybridized carbons (Fsp3) is 0.438. The van der Waals surface area contributed by atoms with Crippen LogP contribution in [0.1, 0.15) is 61.8 Å². The van der Waals surface area contributed by atoms with E-state index in [0.717, 1.165) is 33.4 Å². The SMILES string of the molecule is CCCN1C(=O)[C@@H]2[C@@H](CC(C)=C([C@H](O)CC/C(=C/c3cc(C)c(O)c(C)c3)c3ccccc3)[C@@H]2CO)C1=O. The lowest BCUT2D eigenvalue weighted by Gasteiger charge is -2.35. The first-order valence-electron chi connectivity index (χ1n) is 13.6. The maximum absolute atomic E-state index is 13.2. The van der Waals surface area contributed by atoms with Crippen molar-refractivity contribution in [2.45, 2.75) is 59.5 Å². The molecule has 0 bridgehead atoms. The van der Waals surface area contributed by atoms with Crippen LogP contribution in [0.2, 0.25) is 0 Å². The van der Waals surface area contributed by atoms with Gasteiger partial charge in [0, 0.05) is 12.5 Å². The number of phenolic OH excluding ortho intramolecular Hbond substituents is 1. The van der Waals surface area contributed by atoms with Crippen molar-refractivity contribution in [3.05, 3.63) is 75.9 Å². The molecule has 202 valence electrons. The molecule has 0 radical (unpaired) electrons. The predicted molar refractivity (Wildman–Crippen MR) is 149 cm³/mol. The Morgan fingerprint density at radius 1 is 1.08 bits per heavy atom. The number of fused-ring (bicyclic) bond motifs is 1. The summed E-state index contributed by atoms with van der Waals surface area (Å²) in [5.74, 6) is -1.71. The number of hydrogen-bond acceptors (Lipinski definition) is 5. The van der Waals surface area contributed by atoms with Crippen LogP contribution in [0.3, 0.4) is 0 Å². The molecule has 4 rings (SSSR count). The van der Waals surface area contributed by atoms with Crippen LogP contribution in [0.5, 0.6) is 5.75 Å².